The lowest BCUT2D eigenvalue weighted by molar-refractivity contribution is -0.129. The molecule has 24 heavy (non-hydrogen) atoms. The van der Waals surface area contributed by atoms with Crippen LogP contribution in [0.4, 0.5) is 11.4 Å². The van der Waals surface area contributed by atoms with E-state index in [1.165, 1.54) is 18.6 Å². The van der Waals surface area contributed by atoms with E-state index in [1.54, 1.807) is 6.92 Å². The molecule has 0 radical (unpaired) electrons. The van der Waals surface area contributed by atoms with Crippen molar-refractivity contribution < 1.29 is 9.59 Å². The van der Waals surface area contributed by atoms with Crippen LogP contribution in [-0.4, -0.2) is 52.9 Å². The summed E-state index contributed by atoms with van der Waals surface area (Å²) >= 11 is 0. The van der Waals surface area contributed by atoms with Crippen LogP contribution in [0.2, 0.25) is 0 Å². The summed E-state index contributed by atoms with van der Waals surface area (Å²) in [6, 6.07) is 7.66. The SMILES string of the molecule is CC(=O)N1CCN(c2ccc(NC(=O)c3cnccn3)cc2)CC1. The summed E-state index contributed by atoms with van der Waals surface area (Å²) in [4.78, 5) is 35.3. The first-order valence-electron chi connectivity index (χ1n) is 7.81. The molecule has 0 bridgehead atoms. The number of nitrogens with zero attached hydrogens (tertiary/aromatic N) is 4. The maximum absolute atomic E-state index is 12.0. The number of carbonyl (C=O) groups excluding carboxylic acids is 2. The lowest BCUT2D eigenvalue weighted by atomic mass is 10.2. The summed E-state index contributed by atoms with van der Waals surface area (Å²) in [5.41, 5.74) is 2.06. The van der Waals surface area contributed by atoms with Gasteiger partial charge in [-0.25, -0.2) is 4.98 Å². The van der Waals surface area contributed by atoms with Crippen LogP contribution in [-0.2, 0) is 4.79 Å². The van der Waals surface area contributed by atoms with E-state index in [9.17, 15) is 9.59 Å². The Morgan fingerprint density at radius 3 is 2.33 bits per heavy atom. The number of hydrogen-bond donors (Lipinski definition) is 1. The van der Waals surface area contributed by atoms with Gasteiger partial charge in [0.15, 0.2) is 0 Å². The Morgan fingerprint density at radius 1 is 1.04 bits per heavy atom. The first-order chi connectivity index (χ1) is 11.6. The van der Waals surface area contributed by atoms with E-state index in [0.717, 1.165) is 31.9 Å². The van der Waals surface area contributed by atoms with Crippen molar-refractivity contribution in [1.82, 2.24) is 14.9 Å². The fraction of sp³-hybridized carbons (Fsp3) is 0.294. The fourth-order valence-corrected chi connectivity index (χ4v) is 2.65. The van der Waals surface area contributed by atoms with Gasteiger partial charge < -0.3 is 15.1 Å². The highest BCUT2D eigenvalue weighted by molar-refractivity contribution is 6.02. The van der Waals surface area contributed by atoms with E-state index in [2.05, 4.69) is 20.2 Å². The summed E-state index contributed by atoms with van der Waals surface area (Å²) in [5.74, 6) is -0.164. The van der Waals surface area contributed by atoms with Crippen LogP contribution in [0.3, 0.4) is 0 Å². The zero-order valence-electron chi connectivity index (χ0n) is 13.5. The van der Waals surface area contributed by atoms with Crippen molar-refractivity contribution in [3.05, 3.63) is 48.5 Å². The van der Waals surface area contributed by atoms with E-state index in [1.807, 2.05) is 29.2 Å². The average molecular weight is 325 g/mol. The van der Waals surface area contributed by atoms with Gasteiger partial charge in [0.25, 0.3) is 5.91 Å². The van der Waals surface area contributed by atoms with Crippen LogP contribution in [0.15, 0.2) is 42.9 Å². The summed E-state index contributed by atoms with van der Waals surface area (Å²) in [6.45, 7) is 4.70. The zero-order chi connectivity index (χ0) is 16.9. The van der Waals surface area contributed by atoms with Gasteiger partial charge in [-0.1, -0.05) is 0 Å². The minimum absolute atomic E-state index is 0.122. The Labute approximate surface area is 140 Å². The van der Waals surface area contributed by atoms with Gasteiger partial charge in [0.2, 0.25) is 5.91 Å². The summed E-state index contributed by atoms with van der Waals surface area (Å²) in [5, 5.41) is 2.80. The number of amides is 2. The molecule has 2 amide bonds. The minimum Gasteiger partial charge on any atom is -0.368 e. The largest absolute Gasteiger partial charge is 0.368 e. The lowest BCUT2D eigenvalue weighted by Crippen LogP contribution is -2.48. The maximum atomic E-state index is 12.0. The average Bonchev–Trinajstić information content (AvgIpc) is 2.63. The van der Waals surface area contributed by atoms with Gasteiger partial charge >= 0.3 is 0 Å². The van der Waals surface area contributed by atoms with Crippen LogP contribution in [0.5, 0.6) is 0 Å². The Hall–Kier alpha value is -2.96. The number of carbonyl (C=O) groups is 2. The molecule has 0 aliphatic carbocycles. The Morgan fingerprint density at radius 2 is 1.75 bits per heavy atom. The first kappa shape index (κ1) is 15.9. The van der Waals surface area contributed by atoms with E-state index >= 15 is 0 Å². The molecule has 2 heterocycles. The highest BCUT2D eigenvalue weighted by Gasteiger charge is 2.18. The minimum atomic E-state index is -0.286. The second-order valence-electron chi connectivity index (χ2n) is 5.58. The van der Waals surface area contributed by atoms with Crippen LogP contribution < -0.4 is 10.2 Å². The Kier molecular flexibility index (Phi) is 4.69. The molecule has 2 aromatic rings. The molecule has 1 aliphatic rings. The van der Waals surface area contributed by atoms with Crippen molar-refractivity contribution in [2.24, 2.45) is 0 Å². The van der Waals surface area contributed by atoms with Crippen molar-refractivity contribution in [1.29, 1.82) is 0 Å². The molecule has 124 valence electrons. The second-order valence-corrected chi connectivity index (χ2v) is 5.58. The quantitative estimate of drug-likeness (QED) is 0.923. The topological polar surface area (TPSA) is 78.4 Å². The predicted molar refractivity (Wildman–Crippen MR) is 90.9 cm³/mol. The monoisotopic (exact) mass is 325 g/mol. The highest BCUT2D eigenvalue weighted by Crippen LogP contribution is 2.20. The number of hydrogen-bond acceptors (Lipinski definition) is 5. The molecule has 0 unspecified atom stereocenters. The number of nitrogens with one attached hydrogen (secondary N) is 1. The molecule has 0 atom stereocenters. The van der Waals surface area contributed by atoms with E-state index in [0.29, 0.717) is 5.69 Å². The van der Waals surface area contributed by atoms with Gasteiger partial charge in [-0.3, -0.25) is 14.6 Å². The zero-order valence-corrected chi connectivity index (χ0v) is 13.5. The van der Waals surface area contributed by atoms with Crippen LogP contribution in [0.25, 0.3) is 0 Å². The standard InChI is InChI=1S/C17H19N5O2/c1-13(23)21-8-10-22(11-9-21)15-4-2-14(3-5-15)20-17(24)16-12-18-6-7-19-16/h2-7,12H,8-11H2,1H3,(H,20,24). The van der Waals surface area contributed by atoms with Gasteiger partial charge in [0, 0.05) is 56.9 Å². The molecule has 1 saturated heterocycles. The molecule has 1 aromatic carbocycles. The molecule has 7 heteroatoms. The molecule has 3 rings (SSSR count). The maximum Gasteiger partial charge on any atom is 0.275 e. The summed E-state index contributed by atoms with van der Waals surface area (Å²) in [6.07, 6.45) is 4.44. The molecule has 7 nitrogen and oxygen atoms in total. The van der Waals surface area contributed by atoms with Crippen LogP contribution >= 0.6 is 0 Å². The lowest BCUT2D eigenvalue weighted by Gasteiger charge is -2.35. The Bertz CT molecular complexity index is 710. The number of piperazine rings is 1. The number of anilines is 2. The molecule has 1 N–H and O–H groups in total. The van der Waals surface area contributed by atoms with Crippen molar-refractivity contribution in [3.8, 4) is 0 Å². The van der Waals surface area contributed by atoms with Gasteiger partial charge in [-0.05, 0) is 24.3 Å². The number of aromatic nitrogens is 2. The van der Waals surface area contributed by atoms with Crippen molar-refractivity contribution in [2.45, 2.75) is 6.92 Å². The molecular formula is C17H19N5O2. The molecule has 0 spiro atoms. The van der Waals surface area contributed by atoms with Crippen molar-refractivity contribution >= 4 is 23.2 Å². The summed E-state index contributed by atoms with van der Waals surface area (Å²) < 4.78 is 0. The third-order valence-corrected chi connectivity index (χ3v) is 4.01. The van der Waals surface area contributed by atoms with E-state index in [4.69, 9.17) is 0 Å². The smallest absolute Gasteiger partial charge is 0.275 e. The normalized spacial score (nSPS) is 14.4. The number of benzene rings is 1. The third-order valence-electron chi connectivity index (χ3n) is 4.01. The van der Waals surface area contributed by atoms with Gasteiger partial charge in [-0.15, -0.1) is 0 Å². The van der Waals surface area contributed by atoms with Gasteiger partial charge in [0.05, 0.1) is 6.20 Å². The fourth-order valence-electron chi connectivity index (χ4n) is 2.65. The third kappa shape index (κ3) is 3.68. The van der Waals surface area contributed by atoms with E-state index < -0.39 is 0 Å². The van der Waals surface area contributed by atoms with Gasteiger partial charge in [0.1, 0.15) is 5.69 Å². The highest BCUT2D eigenvalue weighted by atomic mass is 16.2. The van der Waals surface area contributed by atoms with Crippen LogP contribution in [0.1, 0.15) is 17.4 Å². The van der Waals surface area contributed by atoms with Crippen molar-refractivity contribution in [3.63, 3.8) is 0 Å². The second kappa shape index (κ2) is 7.08. The number of rotatable bonds is 3. The predicted octanol–water partition coefficient (Wildman–Crippen LogP) is 1.40. The Balaban J connectivity index is 1.60. The molecule has 1 aliphatic heterocycles. The molecule has 1 fully saturated rings. The molecular weight excluding hydrogens is 306 g/mol. The van der Waals surface area contributed by atoms with Crippen LogP contribution in [0, 0.1) is 0 Å². The van der Waals surface area contributed by atoms with Gasteiger partial charge in [-0.2, -0.15) is 0 Å². The molecule has 1 aromatic heterocycles. The first-order valence-corrected chi connectivity index (χ1v) is 7.81. The molecule has 0 saturated carbocycles. The van der Waals surface area contributed by atoms with Crippen molar-refractivity contribution in [2.75, 3.05) is 36.4 Å². The van der Waals surface area contributed by atoms with E-state index in [-0.39, 0.29) is 17.5 Å². The summed E-state index contributed by atoms with van der Waals surface area (Å²) in [7, 11) is 0.